The molecule has 41 heavy (non-hydrogen) atoms. The zero-order chi connectivity index (χ0) is 28.1. The number of piperidine rings is 1. The molecule has 1 saturated carbocycles. The van der Waals surface area contributed by atoms with Crippen LogP contribution in [0.25, 0.3) is 10.8 Å². The number of ether oxygens (including phenoxy) is 1. The van der Waals surface area contributed by atoms with Gasteiger partial charge in [-0.05, 0) is 49.2 Å². The summed E-state index contributed by atoms with van der Waals surface area (Å²) in [6.07, 6.45) is 2.48. The van der Waals surface area contributed by atoms with Crippen molar-refractivity contribution in [3.8, 4) is 18.0 Å². The molecule has 3 aliphatic heterocycles. The van der Waals surface area contributed by atoms with E-state index in [9.17, 15) is 10.5 Å². The molecule has 2 aromatic carbocycles. The summed E-state index contributed by atoms with van der Waals surface area (Å²) in [6, 6.07) is 17.5. The van der Waals surface area contributed by atoms with Crippen molar-refractivity contribution in [2.24, 2.45) is 11.8 Å². The fourth-order valence-electron chi connectivity index (χ4n) is 7.28. The second-order valence-corrected chi connectivity index (χ2v) is 12.3. The summed E-state index contributed by atoms with van der Waals surface area (Å²) in [7, 11) is 2.17. The molecule has 0 radical (unpaired) electrons. The van der Waals surface area contributed by atoms with Gasteiger partial charge in [0.1, 0.15) is 24.1 Å². The monoisotopic (exact) mass is 567 g/mol. The lowest BCUT2D eigenvalue weighted by Gasteiger charge is -2.38. The number of nitrogens with one attached hydrogen (secondary N) is 1. The third-order valence-electron chi connectivity index (χ3n) is 9.47. The van der Waals surface area contributed by atoms with Crippen LogP contribution in [0.2, 0.25) is 5.02 Å². The van der Waals surface area contributed by atoms with Crippen molar-refractivity contribution in [2.75, 3.05) is 56.2 Å². The van der Waals surface area contributed by atoms with E-state index in [4.69, 9.17) is 21.3 Å². The molecule has 0 amide bonds. The van der Waals surface area contributed by atoms with Crippen molar-refractivity contribution >= 4 is 33.9 Å². The molecule has 0 bridgehead atoms. The maximum Gasteiger partial charge on any atom is 0.234 e. The average molecular weight is 568 g/mol. The minimum Gasteiger partial charge on any atom is -0.475 e. The molecule has 7 rings (SSSR count). The molecule has 3 aromatic rings. The van der Waals surface area contributed by atoms with E-state index in [0.29, 0.717) is 49.5 Å². The number of nitrogens with zero attached hydrogens (tertiary/aromatic N) is 6. The summed E-state index contributed by atoms with van der Waals surface area (Å²) in [6.45, 7) is 5.32. The van der Waals surface area contributed by atoms with Gasteiger partial charge in [-0.25, -0.2) is 0 Å². The predicted octanol–water partition coefficient (Wildman–Crippen LogP) is 4.34. The zero-order valence-electron chi connectivity index (χ0n) is 23.3. The summed E-state index contributed by atoms with van der Waals surface area (Å²) >= 11 is 6.71. The van der Waals surface area contributed by atoms with Gasteiger partial charge in [-0.2, -0.15) is 15.5 Å². The molecule has 4 aliphatic rings. The molecule has 9 heteroatoms. The number of benzene rings is 2. The number of hydrogen-bond acceptors (Lipinski definition) is 8. The quantitative estimate of drug-likeness (QED) is 0.470. The van der Waals surface area contributed by atoms with Gasteiger partial charge in [-0.15, -0.1) is 0 Å². The highest BCUT2D eigenvalue weighted by Gasteiger charge is 2.51. The van der Waals surface area contributed by atoms with Crippen LogP contribution < -0.4 is 19.9 Å². The maximum atomic E-state index is 10.5. The Hall–Kier alpha value is -3.56. The topological polar surface area (TPSA) is 91.5 Å². The third kappa shape index (κ3) is 4.75. The minimum absolute atomic E-state index is 0.0862. The molecule has 3 fully saturated rings. The Kier molecular flexibility index (Phi) is 6.87. The Morgan fingerprint density at radius 3 is 2.73 bits per heavy atom. The Morgan fingerprint density at radius 2 is 1.95 bits per heavy atom. The Balaban J connectivity index is 1.28. The number of nitriles is 2. The number of likely N-dealkylation sites (N-methyl/N-ethyl adjacent to an activating group) is 1. The van der Waals surface area contributed by atoms with Crippen molar-refractivity contribution in [2.45, 2.75) is 37.9 Å². The van der Waals surface area contributed by atoms with E-state index in [1.165, 1.54) is 6.42 Å². The SMILES string of the molecule is CN1CC2CC2[C@H]1COc1nc(N2CCNC(CC#N)C2)c2c(c1C#N)CN(c1cccc3cccc(Cl)c13)CC2. The van der Waals surface area contributed by atoms with Crippen LogP contribution in [-0.2, 0) is 13.0 Å². The first-order valence-electron chi connectivity index (χ1n) is 14.6. The number of piperazine rings is 1. The fourth-order valence-corrected chi connectivity index (χ4v) is 7.56. The van der Waals surface area contributed by atoms with Gasteiger partial charge in [0.05, 0.1) is 17.5 Å². The molecule has 2 saturated heterocycles. The Bertz CT molecular complexity index is 1570. The number of rotatable bonds is 6. The molecular weight excluding hydrogens is 534 g/mol. The highest BCUT2D eigenvalue weighted by molar-refractivity contribution is 6.36. The van der Waals surface area contributed by atoms with E-state index >= 15 is 0 Å². The van der Waals surface area contributed by atoms with Crippen LogP contribution >= 0.6 is 11.6 Å². The highest BCUT2D eigenvalue weighted by atomic mass is 35.5. The van der Waals surface area contributed by atoms with Crippen LogP contribution in [0.15, 0.2) is 36.4 Å². The van der Waals surface area contributed by atoms with Crippen LogP contribution in [0.3, 0.4) is 0 Å². The van der Waals surface area contributed by atoms with Crippen LogP contribution in [-0.4, -0.2) is 68.3 Å². The Labute approximate surface area is 246 Å². The predicted molar refractivity (Wildman–Crippen MR) is 160 cm³/mol. The summed E-state index contributed by atoms with van der Waals surface area (Å²) < 4.78 is 6.47. The van der Waals surface area contributed by atoms with Crippen LogP contribution in [0.5, 0.6) is 5.88 Å². The lowest BCUT2D eigenvalue weighted by atomic mass is 9.94. The second kappa shape index (κ2) is 10.7. The number of hydrogen-bond donors (Lipinski definition) is 1. The Morgan fingerprint density at radius 1 is 1.10 bits per heavy atom. The first kappa shape index (κ1) is 26.3. The van der Waals surface area contributed by atoms with Gasteiger partial charge in [0.15, 0.2) is 0 Å². The smallest absolute Gasteiger partial charge is 0.234 e. The van der Waals surface area contributed by atoms with Gasteiger partial charge in [-0.3, -0.25) is 4.90 Å². The summed E-state index contributed by atoms with van der Waals surface area (Å²) in [5.41, 5.74) is 3.72. The van der Waals surface area contributed by atoms with Gasteiger partial charge in [0, 0.05) is 73.6 Å². The molecular formula is C32H34ClN7O. The van der Waals surface area contributed by atoms with Crippen LogP contribution in [0.1, 0.15) is 29.5 Å². The number of likely N-dealkylation sites (tertiary alicyclic amines) is 1. The average Bonchev–Trinajstić information content (AvgIpc) is 3.67. The lowest BCUT2D eigenvalue weighted by Crippen LogP contribution is -2.51. The summed E-state index contributed by atoms with van der Waals surface area (Å²) in [5, 5.41) is 26.1. The molecule has 4 atom stereocenters. The molecule has 0 spiro atoms. The minimum atomic E-state index is 0.0862. The fraction of sp³-hybridized carbons (Fsp3) is 0.469. The van der Waals surface area contributed by atoms with Gasteiger partial charge in [-0.1, -0.05) is 35.9 Å². The van der Waals surface area contributed by atoms with Gasteiger partial charge in [0.2, 0.25) is 5.88 Å². The summed E-state index contributed by atoms with van der Waals surface area (Å²) in [4.78, 5) is 12.1. The van der Waals surface area contributed by atoms with E-state index < -0.39 is 0 Å². The molecule has 1 aromatic heterocycles. The van der Waals surface area contributed by atoms with E-state index in [0.717, 1.165) is 76.9 Å². The second-order valence-electron chi connectivity index (χ2n) is 11.9. The van der Waals surface area contributed by atoms with Crippen LogP contribution in [0.4, 0.5) is 11.5 Å². The van der Waals surface area contributed by atoms with E-state index in [1.807, 2.05) is 12.1 Å². The standard InChI is InChI=1S/C32H34ClN7O/c1-38-16-21-14-24(21)29(38)19-41-32-25(15-35)26-18-39(28-7-3-5-20-4-2-6-27(33)30(20)28)12-9-23(26)31(37-32)40-13-11-36-22(17-40)8-10-34/h2-7,21-22,24,29,36H,8-9,11-14,16-19H2,1H3/t21?,22?,24?,29-/m1/s1. The maximum absolute atomic E-state index is 10.5. The van der Waals surface area contributed by atoms with E-state index in [-0.39, 0.29) is 6.04 Å². The van der Waals surface area contributed by atoms with Gasteiger partial charge >= 0.3 is 0 Å². The van der Waals surface area contributed by atoms with Crippen molar-refractivity contribution < 1.29 is 4.74 Å². The van der Waals surface area contributed by atoms with Crippen molar-refractivity contribution in [1.29, 1.82) is 10.5 Å². The van der Waals surface area contributed by atoms with Crippen molar-refractivity contribution in [3.63, 3.8) is 0 Å². The number of pyridine rings is 1. The molecule has 1 N–H and O–H groups in total. The molecule has 1 aliphatic carbocycles. The highest BCUT2D eigenvalue weighted by Crippen LogP contribution is 2.49. The van der Waals surface area contributed by atoms with Gasteiger partial charge in [0.25, 0.3) is 0 Å². The molecule has 210 valence electrons. The summed E-state index contributed by atoms with van der Waals surface area (Å²) in [5.74, 6) is 2.81. The third-order valence-corrected chi connectivity index (χ3v) is 9.78. The van der Waals surface area contributed by atoms with Gasteiger partial charge < -0.3 is 19.9 Å². The molecule has 8 nitrogen and oxygen atoms in total. The zero-order valence-corrected chi connectivity index (χ0v) is 24.1. The molecule has 3 unspecified atom stereocenters. The van der Waals surface area contributed by atoms with Crippen molar-refractivity contribution in [1.82, 2.24) is 15.2 Å². The molecule has 4 heterocycles. The van der Waals surface area contributed by atoms with Crippen LogP contribution in [0, 0.1) is 34.5 Å². The lowest BCUT2D eigenvalue weighted by molar-refractivity contribution is 0.170. The first-order chi connectivity index (χ1) is 20.1. The number of anilines is 2. The van der Waals surface area contributed by atoms with E-state index in [2.05, 4.69) is 63.5 Å². The van der Waals surface area contributed by atoms with E-state index in [1.54, 1.807) is 0 Å². The first-order valence-corrected chi connectivity index (χ1v) is 15.0. The van der Waals surface area contributed by atoms with Crippen molar-refractivity contribution in [3.05, 3.63) is 58.1 Å². The number of halogens is 1. The number of aromatic nitrogens is 1. The normalized spacial score (nSPS) is 25.4. The largest absolute Gasteiger partial charge is 0.475 e. The number of fused-ring (bicyclic) bond motifs is 3.